The van der Waals surface area contributed by atoms with Gasteiger partial charge in [0.05, 0.1) is 5.57 Å². The zero-order chi connectivity index (χ0) is 17.9. The monoisotopic (exact) mass is 322 g/mol. The molecular weight excluding hydrogens is 292 g/mol. The van der Waals surface area contributed by atoms with Gasteiger partial charge in [0.25, 0.3) is 0 Å². The molecule has 0 radical (unpaired) electrons. The fourth-order valence-electron chi connectivity index (χ4n) is 3.69. The van der Waals surface area contributed by atoms with Gasteiger partial charge in [-0.15, -0.1) is 0 Å². The Hall–Kier alpha value is -2.01. The Bertz CT molecular complexity index is 679. The molecule has 0 bridgehead atoms. The molecule has 2 unspecified atom stereocenters. The van der Waals surface area contributed by atoms with Crippen molar-refractivity contribution >= 4 is 0 Å². The molecular formula is C22H30N2. The molecule has 0 aromatic rings. The smallest absolute Gasteiger partial charge is 0.101 e. The van der Waals surface area contributed by atoms with E-state index < -0.39 is 0 Å². The van der Waals surface area contributed by atoms with E-state index in [4.69, 9.17) is 0 Å². The van der Waals surface area contributed by atoms with Gasteiger partial charge < -0.3 is 4.90 Å². The van der Waals surface area contributed by atoms with E-state index in [0.29, 0.717) is 11.8 Å². The molecule has 0 spiro atoms. The van der Waals surface area contributed by atoms with E-state index in [-0.39, 0.29) is 0 Å². The lowest BCUT2D eigenvalue weighted by Crippen LogP contribution is -2.30. The molecule has 0 aromatic heterocycles. The summed E-state index contributed by atoms with van der Waals surface area (Å²) in [5.41, 5.74) is 6.43. The quantitative estimate of drug-likeness (QED) is 0.599. The van der Waals surface area contributed by atoms with Crippen LogP contribution in [0, 0.1) is 23.2 Å². The molecule has 128 valence electrons. The summed E-state index contributed by atoms with van der Waals surface area (Å²) in [6.07, 6.45) is 11.0. The normalized spacial score (nSPS) is 20.9. The zero-order valence-corrected chi connectivity index (χ0v) is 15.8. The van der Waals surface area contributed by atoms with Crippen LogP contribution in [0.3, 0.4) is 0 Å². The van der Waals surface area contributed by atoms with Crippen LogP contribution in [0.25, 0.3) is 0 Å². The van der Waals surface area contributed by atoms with Crippen molar-refractivity contribution in [2.45, 2.75) is 60.3 Å². The highest BCUT2D eigenvalue weighted by molar-refractivity contribution is 5.55. The maximum Gasteiger partial charge on any atom is 0.101 e. The Kier molecular flexibility index (Phi) is 5.89. The highest BCUT2D eigenvalue weighted by Crippen LogP contribution is 2.40. The summed E-state index contributed by atoms with van der Waals surface area (Å²) in [7, 11) is 0. The standard InChI is InChI=1S/C22H30N2/c1-7-15(2)12-18(5)22-20(14-23)17(4)13-19(6)24(22)21-11-9-8-10-16(21)3/h10-11,13,15,18H,6-9,12H2,1-5H3. The van der Waals surface area contributed by atoms with Crippen LogP contribution in [-0.4, -0.2) is 4.90 Å². The molecule has 0 saturated heterocycles. The van der Waals surface area contributed by atoms with E-state index in [1.54, 1.807) is 0 Å². The van der Waals surface area contributed by atoms with Crippen LogP contribution in [0.5, 0.6) is 0 Å². The summed E-state index contributed by atoms with van der Waals surface area (Å²) in [6.45, 7) is 15.2. The van der Waals surface area contributed by atoms with Crippen molar-refractivity contribution in [1.29, 1.82) is 5.26 Å². The summed E-state index contributed by atoms with van der Waals surface area (Å²) in [5.74, 6) is 0.969. The third kappa shape index (κ3) is 3.56. The number of nitrogens with zero attached hydrogens (tertiary/aromatic N) is 2. The minimum absolute atomic E-state index is 0.325. The van der Waals surface area contributed by atoms with Gasteiger partial charge >= 0.3 is 0 Å². The van der Waals surface area contributed by atoms with Gasteiger partial charge in [0.15, 0.2) is 0 Å². The average Bonchev–Trinajstić information content (AvgIpc) is 2.55. The fraction of sp³-hybridized carbons (Fsp3) is 0.500. The number of nitriles is 1. The van der Waals surface area contributed by atoms with E-state index in [1.807, 2.05) is 13.0 Å². The van der Waals surface area contributed by atoms with Crippen LogP contribution in [-0.2, 0) is 0 Å². The minimum Gasteiger partial charge on any atom is -0.313 e. The van der Waals surface area contributed by atoms with Crippen LogP contribution in [0.2, 0.25) is 0 Å². The molecule has 2 rings (SSSR count). The van der Waals surface area contributed by atoms with Crippen LogP contribution in [0.4, 0.5) is 0 Å². The lowest BCUT2D eigenvalue weighted by Gasteiger charge is -2.39. The van der Waals surface area contributed by atoms with Crippen molar-refractivity contribution in [2.24, 2.45) is 11.8 Å². The molecule has 0 amide bonds. The first kappa shape index (κ1) is 18.3. The minimum atomic E-state index is 0.325. The summed E-state index contributed by atoms with van der Waals surface area (Å²) < 4.78 is 0. The molecule has 0 N–H and O–H groups in total. The SMILES string of the molecule is C=C1C=C(C)C(C#N)=C(C(C)CC(C)CC)N1C1=CCCC=C1C. The van der Waals surface area contributed by atoms with Gasteiger partial charge in [0.1, 0.15) is 6.07 Å². The predicted octanol–water partition coefficient (Wildman–Crippen LogP) is 6.24. The van der Waals surface area contributed by atoms with E-state index in [1.165, 1.54) is 11.3 Å². The topological polar surface area (TPSA) is 27.0 Å². The highest BCUT2D eigenvalue weighted by Gasteiger charge is 2.30. The van der Waals surface area contributed by atoms with E-state index in [9.17, 15) is 5.26 Å². The highest BCUT2D eigenvalue weighted by atomic mass is 15.2. The van der Waals surface area contributed by atoms with Crippen molar-refractivity contribution in [1.82, 2.24) is 4.90 Å². The summed E-state index contributed by atoms with van der Waals surface area (Å²) in [5, 5.41) is 9.80. The largest absolute Gasteiger partial charge is 0.313 e. The molecule has 2 atom stereocenters. The number of hydrogen-bond acceptors (Lipinski definition) is 2. The molecule has 2 heteroatoms. The first-order chi connectivity index (χ1) is 11.4. The fourth-order valence-corrected chi connectivity index (χ4v) is 3.69. The van der Waals surface area contributed by atoms with Gasteiger partial charge in [0, 0.05) is 17.1 Å². The molecule has 2 aliphatic rings. The molecule has 1 aliphatic carbocycles. The van der Waals surface area contributed by atoms with Gasteiger partial charge in [-0.3, -0.25) is 0 Å². The van der Waals surface area contributed by atoms with Crippen LogP contribution < -0.4 is 0 Å². The molecule has 24 heavy (non-hydrogen) atoms. The maximum atomic E-state index is 9.80. The lowest BCUT2D eigenvalue weighted by atomic mass is 9.85. The molecule has 0 fully saturated rings. The third-order valence-electron chi connectivity index (χ3n) is 5.19. The molecule has 1 heterocycles. The number of rotatable bonds is 5. The molecule has 2 nitrogen and oxygen atoms in total. The van der Waals surface area contributed by atoms with Gasteiger partial charge in [0.2, 0.25) is 0 Å². The Labute approximate surface area is 147 Å². The second-order valence-corrected chi connectivity index (χ2v) is 7.23. The van der Waals surface area contributed by atoms with Gasteiger partial charge in [-0.2, -0.15) is 5.26 Å². The molecule has 1 aliphatic heterocycles. The third-order valence-corrected chi connectivity index (χ3v) is 5.19. The first-order valence-electron chi connectivity index (χ1n) is 9.09. The van der Waals surface area contributed by atoms with Gasteiger partial charge in [-0.25, -0.2) is 0 Å². The summed E-state index contributed by atoms with van der Waals surface area (Å²) in [4.78, 5) is 2.24. The van der Waals surface area contributed by atoms with E-state index in [0.717, 1.165) is 48.2 Å². The Morgan fingerprint density at radius 2 is 1.88 bits per heavy atom. The second kappa shape index (κ2) is 7.71. The first-order valence-corrected chi connectivity index (χ1v) is 9.09. The predicted molar refractivity (Wildman–Crippen MR) is 102 cm³/mol. The number of hydrogen-bond donors (Lipinski definition) is 0. The van der Waals surface area contributed by atoms with Gasteiger partial charge in [-0.1, -0.05) is 45.9 Å². The van der Waals surface area contributed by atoms with E-state index in [2.05, 4.69) is 57.4 Å². The van der Waals surface area contributed by atoms with Crippen molar-refractivity contribution in [3.05, 3.63) is 58.6 Å². The van der Waals surface area contributed by atoms with Crippen molar-refractivity contribution in [3.8, 4) is 6.07 Å². The van der Waals surface area contributed by atoms with Crippen molar-refractivity contribution in [2.75, 3.05) is 0 Å². The summed E-state index contributed by atoms with van der Waals surface area (Å²) in [6, 6.07) is 2.46. The van der Waals surface area contributed by atoms with Crippen LogP contribution in [0.1, 0.15) is 60.3 Å². The Morgan fingerprint density at radius 1 is 1.21 bits per heavy atom. The Morgan fingerprint density at radius 3 is 2.46 bits per heavy atom. The lowest BCUT2D eigenvalue weighted by molar-refractivity contribution is 0.376. The molecule has 0 aromatic carbocycles. The van der Waals surface area contributed by atoms with Gasteiger partial charge in [-0.05, 0) is 62.2 Å². The average molecular weight is 322 g/mol. The van der Waals surface area contributed by atoms with Crippen molar-refractivity contribution < 1.29 is 0 Å². The summed E-state index contributed by atoms with van der Waals surface area (Å²) >= 11 is 0. The Balaban J connectivity index is 2.53. The number of allylic oxidation sites excluding steroid dienone is 7. The van der Waals surface area contributed by atoms with E-state index >= 15 is 0 Å². The maximum absolute atomic E-state index is 9.80. The second-order valence-electron chi connectivity index (χ2n) is 7.23. The van der Waals surface area contributed by atoms with Crippen LogP contribution in [0.15, 0.2) is 58.6 Å². The molecule has 0 saturated carbocycles. The van der Waals surface area contributed by atoms with Crippen LogP contribution >= 0.6 is 0 Å². The zero-order valence-electron chi connectivity index (χ0n) is 15.8. The van der Waals surface area contributed by atoms with Crippen molar-refractivity contribution in [3.63, 3.8) is 0 Å².